The summed E-state index contributed by atoms with van der Waals surface area (Å²) in [6, 6.07) is 10.00. The molecular weight excluding hydrogens is 294 g/mol. The molecule has 0 aliphatic carbocycles. The van der Waals surface area contributed by atoms with Gasteiger partial charge >= 0.3 is 0 Å². The van der Waals surface area contributed by atoms with Crippen LogP contribution in [0.1, 0.15) is 5.69 Å². The van der Waals surface area contributed by atoms with Crippen molar-refractivity contribution in [3.05, 3.63) is 40.5 Å². The number of hydrogen-bond donors (Lipinski definition) is 1. The third-order valence-corrected chi connectivity index (χ3v) is 3.28. The molecule has 0 radical (unpaired) electrons. The smallest absolute Gasteiger partial charge is 0.260 e. The molecule has 0 fully saturated rings. The number of aryl methyl sites for hydroxylation is 1. The van der Waals surface area contributed by atoms with Crippen molar-refractivity contribution in [1.82, 2.24) is 10.1 Å². The quantitative estimate of drug-likeness (QED) is 0.746. The molecule has 2 heterocycles. The van der Waals surface area contributed by atoms with Crippen LogP contribution in [0.4, 0.5) is 5.82 Å². The SMILES string of the molecule is Cc1cc(-c2ccc(Br)cc2)c2c(N)noc2n1. The van der Waals surface area contributed by atoms with Crippen LogP contribution in [-0.2, 0) is 0 Å². The van der Waals surface area contributed by atoms with Crippen LogP contribution in [0.15, 0.2) is 39.3 Å². The van der Waals surface area contributed by atoms with Crippen LogP contribution >= 0.6 is 15.9 Å². The molecule has 2 aromatic heterocycles. The van der Waals surface area contributed by atoms with Crippen LogP contribution in [0.25, 0.3) is 22.2 Å². The first-order valence-electron chi connectivity index (χ1n) is 5.43. The van der Waals surface area contributed by atoms with Crippen molar-refractivity contribution in [3.63, 3.8) is 0 Å². The van der Waals surface area contributed by atoms with Crippen LogP contribution in [0, 0.1) is 6.92 Å². The van der Waals surface area contributed by atoms with Gasteiger partial charge in [0.1, 0.15) is 0 Å². The zero-order chi connectivity index (χ0) is 12.7. The normalized spacial score (nSPS) is 11.0. The van der Waals surface area contributed by atoms with E-state index in [0.717, 1.165) is 26.7 Å². The van der Waals surface area contributed by atoms with Gasteiger partial charge in [-0.2, -0.15) is 0 Å². The summed E-state index contributed by atoms with van der Waals surface area (Å²) in [4.78, 5) is 4.28. The van der Waals surface area contributed by atoms with Crippen molar-refractivity contribution < 1.29 is 4.52 Å². The first-order valence-corrected chi connectivity index (χ1v) is 6.23. The second-order valence-electron chi connectivity index (χ2n) is 4.07. The van der Waals surface area contributed by atoms with Crippen LogP contribution in [0.5, 0.6) is 0 Å². The Morgan fingerprint density at radius 1 is 1.22 bits per heavy atom. The lowest BCUT2D eigenvalue weighted by atomic mass is 10.0. The van der Waals surface area contributed by atoms with Gasteiger partial charge in [0, 0.05) is 15.7 Å². The zero-order valence-corrected chi connectivity index (χ0v) is 11.2. The minimum atomic E-state index is 0.371. The summed E-state index contributed by atoms with van der Waals surface area (Å²) in [5, 5.41) is 4.54. The fraction of sp³-hybridized carbons (Fsp3) is 0.0769. The largest absolute Gasteiger partial charge is 0.380 e. The lowest BCUT2D eigenvalue weighted by molar-refractivity contribution is 0.452. The molecule has 18 heavy (non-hydrogen) atoms. The Hall–Kier alpha value is -1.88. The number of nitrogen functional groups attached to an aromatic ring is 1. The van der Waals surface area contributed by atoms with Crippen molar-refractivity contribution >= 4 is 32.8 Å². The molecular formula is C13H10BrN3O. The van der Waals surface area contributed by atoms with Crippen molar-refractivity contribution in [1.29, 1.82) is 0 Å². The highest BCUT2D eigenvalue weighted by molar-refractivity contribution is 9.10. The molecule has 0 spiro atoms. The Morgan fingerprint density at radius 2 is 1.94 bits per heavy atom. The highest BCUT2D eigenvalue weighted by atomic mass is 79.9. The van der Waals surface area contributed by atoms with E-state index in [-0.39, 0.29) is 0 Å². The minimum Gasteiger partial charge on any atom is -0.380 e. The molecule has 1 aromatic carbocycles. The first kappa shape index (κ1) is 11.2. The standard InChI is InChI=1S/C13H10BrN3O/c1-7-6-10(8-2-4-9(14)5-3-8)11-12(15)17-18-13(11)16-7/h2-6H,1H3,(H2,15,17). The maximum absolute atomic E-state index is 5.84. The van der Waals surface area contributed by atoms with Crippen molar-refractivity contribution in [3.8, 4) is 11.1 Å². The van der Waals surface area contributed by atoms with E-state index in [9.17, 15) is 0 Å². The van der Waals surface area contributed by atoms with Gasteiger partial charge in [-0.05, 0) is 30.7 Å². The van der Waals surface area contributed by atoms with Crippen LogP contribution in [0.3, 0.4) is 0 Å². The lowest BCUT2D eigenvalue weighted by Gasteiger charge is -2.04. The molecule has 5 heteroatoms. The molecule has 0 saturated carbocycles. The summed E-state index contributed by atoms with van der Waals surface area (Å²) in [6.45, 7) is 1.92. The summed E-state index contributed by atoms with van der Waals surface area (Å²) < 4.78 is 6.15. The molecule has 0 aliphatic rings. The topological polar surface area (TPSA) is 64.9 Å². The predicted molar refractivity (Wildman–Crippen MR) is 74.1 cm³/mol. The number of benzene rings is 1. The second-order valence-corrected chi connectivity index (χ2v) is 4.98. The third-order valence-electron chi connectivity index (χ3n) is 2.76. The number of rotatable bonds is 1. The fourth-order valence-corrected chi connectivity index (χ4v) is 2.22. The lowest BCUT2D eigenvalue weighted by Crippen LogP contribution is -1.90. The van der Waals surface area contributed by atoms with Crippen LogP contribution in [-0.4, -0.2) is 10.1 Å². The molecule has 0 bridgehead atoms. The van der Waals surface area contributed by atoms with E-state index >= 15 is 0 Å². The van der Waals surface area contributed by atoms with Crippen molar-refractivity contribution in [2.75, 3.05) is 5.73 Å². The van der Waals surface area contributed by atoms with E-state index in [4.69, 9.17) is 10.3 Å². The Morgan fingerprint density at radius 3 is 2.67 bits per heavy atom. The summed E-state index contributed by atoms with van der Waals surface area (Å²) in [6.07, 6.45) is 0. The van der Waals surface area contributed by atoms with Crippen molar-refractivity contribution in [2.24, 2.45) is 0 Å². The zero-order valence-electron chi connectivity index (χ0n) is 9.64. The number of nitrogens with zero attached hydrogens (tertiary/aromatic N) is 2. The summed E-state index contributed by atoms with van der Waals surface area (Å²) in [7, 11) is 0. The number of fused-ring (bicyclic) bond motifs is 1. The number of nitrogens with two attached hydrogens (primary N) is 1. The van der Waals surface area contributed by atoms with E-state index in [1.807, 2.05) is 37.3 Å². The molecule has 4 nitrogen and oxygen atoms in total. The number of halogens is 1. The average molecular weight is 304 g/mol. The maximum Gasteiger partial charge on any atom is 0.260 e. The summed E-state index contributed by atoms with van der Waals surface area (Å²) >= 11 is 3.42. The van der Waals surface area contributed by atoms with Gasteiger partial charge in [-0.1, -0.05) is 33.2 Å². The van der Waals surface area contributed by atoms with Gasteiger partial charge in [-0.15, -0.1) is 0 Å². The van der Waals surface area contributed by atoms with E-state index in [1.54, 1.807) is 0 Å². The third kappa shape index (κ3) is 1.76. The van der Waals surface area contributed by atoms with Gasteiger partial charge in [0.25, 0.3) is 5.71 Å². The molecule has 3 rings (SSSR count). The summed E-state index contributed by atoms with van der Waals surface area (Å²) in [5.41, 5.74) is 9.24. The monoisotopic (exact) mass is 303 g/mol. The Balaban J connectivity index is 2.33. The maximum atomic E-state index is 5.84. The van der Waals surface area contributed by atoms with Gasteiger partial charge in [-0.3, -0.25) is 0 Å². The molecule has 2 N–H and O–H groups in total. The molecule has 0 amide bonds. The highest BCUT2D eigenvalue weighted by Crippen LogP contribution is 2.32. The van der Waals surface area contributed by atoms with Gasteiger partial charge in [-0.25, -0.2) is 4.98 Å². The fourth-order valence-electron chi connectivity index (χ4n) is 1.95. The molecule has 0 aliphatic heterocycles. The Kier molecular flexibility index (Phi) is 2.56. The number of hydrogen-bond acceptors (Lipinski definition) is 4. The Labute approximate surface area is 112 Å². The average Bonchev–Trinajstić information content (AvgIpc) is 2.71. The second kappa shape index (κ2) is 4.10. The minimum absolute atomic E-state index is 0.371. The summed E-state index contributed by atoms with van der Waals surface area (Å²) in [5.74, 6) is 0.371. The number of pyridine rings is 1. The van der Waals surface area contributed by atoms with Gasteiger partial charge in [0.05, 0.1) is 5.39 Å². The van der Waals surface area contributed by atoms with Gasteiger partial charge in [0.2, 0.25) is 0 Å². The Bertz CT molecular complexity index is 719. The van der Waals surface area contributed by atoms with Crippen LogP contribution < -0.4 is 5.73 Å². The number of aromatic nitrogens is 2. The van der Waals surface area contributed by atoms with Gasteiger partial charge in [0.15, 0.2) is 5.82 Å². The molecule has 0 atom stereocenters. The van der Waals surface area contributed by atoms with Gasteiger partial charge < -0.3 is 10.3 Å². The molecule has 3 aromatic rings. The number of anilines is 1. The molecule has 0 saturated heterocycles. The molecule has 0 unspecified atom stereocenters. The van der Waals surface area contributed by atoms with E-state index in [1.165, 1.54) is 0 Å². The van der Waals surface area contributed by atoms with E-state index in [2.05, 4.69) is 26.1 Å². The first-order chi connectivity index (χ1) is 8.65. The van der Waals surface area contributed by atoms with Crippen LogP contribution in [0.2, 0.25) is 0 Å². The van der Waals surface area contributed by atoms with E-state index < -0.39 is 0 Å². The van der Waals surface area contributed by atoms with E-state index in [0.29, 0.717) is 11.5 Å². The highest BCUT2D eigenvalue weighted by Gasteiger charge is 2.13. The van der Waals surface area contributed by atoms with Crippen molar-refractivity contribution in [2.45, 2.75) is 6.92 Å². The molecule has 90 valence electrons. The predicted octanol–water partition coefficient (Wildman–Crippen LogP) is 3.54.